The van der Waals surface area contributed by atoms with E-state index in [1.165, 1.54) is 19.3 Å². The summed E-state index contributed by atoms with van der Waals surface area (Å²) in [6, 6.07) is 0. The van der Waals surface area contributed by atoms with Gasteiger partial charge in [-0.25, -0.2) is 4.79 Å². The van der Waals surface area contributed by atoms with E-state index in [4.69, 9.17) is 4.74 Å². The number of carbonyl (C=O) groups excluding carboxylic acids is 1. The van der Waals surface area contributed by atoms with Crippen molar-refractivity contribution < 1.29 is 14.6 Å². The molecule has 0 spiro atoms. The highest BCUT2D eigenvalue weighted by Crippen LogP contribution is 2.30. The van der Waals surface area contributed by atoms with Gasteiger partial charge in [0.05, 0.1) is 6.61 Å². The van der Waals surface area contributed by atoms with Crippen LogP contribution in [0.3, 0.4) is 0 Å². The summed E-state index contributed by atoms with van der Waals surface area (Å²) in [6.07, 6.45) is 7.20. The molecule has 0 aliphatic rings. The van der Waals surface area contributed by atoms with Gasteiger partial charge in [0.25, 0.3) is 0 Å². The van der Waals surface area contributed by atoms with Crippen molar-refractivity contribution in [3.05, 3.63) is 0 Å². The summed E-state index contributed by atoms with van der Waals surface area (Å²) < 4.78 is 5.27. The van der Waals surface area contributed by atoms with Gasteiger partial charge >= 0.3 is 6.09 Å². The summed E-state index contributed by atoms with van der Waals surface area (Å²) in [5.74, 6) is 0. The number of amides is 1. The lowest BCUT2D eigenvalue weighted by Crippen LogP contribution is -2.42. The molecule has 1 unspecified atom stereocenters. The van der Waals surface area contributed by atoms with Crippen molar-refractivity contribution in [2.24, 2.45) is 5.41 Å². The normalized spacial score (nSPS) is 14.6. The van der Waals surface area contributed by atoms with Crippen LogP contribution in [0.1, 0.15) is 79.6 Å². The van der Waals surface area contributed by atoms with Crippen molar-refractivity contribution in [1.29, 1.82) is 0 Å². The number of hydrogen-bond acceptors (Lipinski definition) is 3. The molecule has 21 heavy (non-hydrogen) atoms. The number of ether oxygens (including phenoxy) is 1. The highest BCUT2D eigenvalue weighted by atomic mass is 16.6. The summed E-state index contributed by atoms with van der Waals surface area (Å²) >= 11 is 0. The zero-order chi connectivity index (χ0) is 16.4. The van der Waals surface area contributed by atoms with E-state index in [0.717, 1.165) is 25.7 Å². The fourth-order valence-corrected chi connectivity index (χ4v) is 2.55. The van der Waals surface area contributed by atoms with Gasteiger partial charge in [-0.3, -0.25) is 0 Å². The van der Waals surface area contributed by atoms with Gasteiger partial charge in [0, 0.05) is 12.0 Å². The minimum absolute atomic E-state index is 0.114. The Labute approximate surface area is 130 Å². The molecule has 0 heterocycles. The quantitative estimate of drug-likeness (QED) is 0.593. The molecule has 0 radical (unpaired) electrons. The Hall–Kier alpha value is -0.770. The summed E-state index contributed by atoms with van der Waals surface area (Å²) in [5.41, 5.74) is -0.697. The number of hydrogen-bond donors (Lipinski definition) is 2. The highest BCUT2D eigenvalue weighted by molar-refractivity contribution is 5.67. The predicted octanol–water partition coefficient (Wildman–Crippen LogP) is 4.26. The number of rotatable bonds is 10. The molecular weight excluding hydrogens is 266 g/mol. The zero-order valence-corrected chi connectivity index (χ0v) is 14.6. The first-order chi connectivity index (χ1) is 9.78. The van der Waals surface area contributed by atoms with E-state index in [9.17, 15) is 9.90 Å². The molecule has 2 N–H and O–H groups in total. The first kappa shape index (κ1) is 20.2. The van der Waals surface area contributed by atoms with Crippen molar-refractivity contribution >= 4 is 6.09 Å². The summed E-state index contributed by atoms with van der Waals surface area (Å²) in [4.78, 5) is 11.8. The van der Waals surface area contributed by atoms with Crippen LogP contribution in [0.2, 0.25) is 0 Å². The molecule has 0 aromatic rings. The van der Waals surface area contributed by atoms with Gasteiger partial charge in [-0.1, -0.05) is 46.0 Å². The first-order valence-corrected chi connectivity index (χ1v) is 8.36. The van der Waals surface area contributed by atoms with Crippen molar-refractivity contribution in [1.82, 2.24) is 5.32 Å². The Morgan fingerprint density at radius 2 is 1.71 bits per heavy atom. The maximum absolute atomic E-state index is 11.8. The molecule has 0 fully saturated rings. The molecule has 4 heteroatoms. The standard InChI is InChI=1S/C17H35NO3/c1-6-8-9-10-12-17(14-19,11-7-2)13-18-15(20)21-16(3,4)5/h19H,6-14H2,1-5H3,(H,18,20). The number of aliphatic hydroxyl groups excluding tert-OH is 1. The van der Waals surface area contributed by atoms with Crippen molar-refractivity contribution in [3.8, 4) is 0 Å². The maximum Gasteiger partial charge on any atom is 0.407 e. The van der Waals surface area contributed by atoms with Crippen molar-refractivity contribution in [3.63, 3.8) is 0 Å². The van der Waals surface area contributed by atoms with Crippen molar-refractivity contribution in [2.45, 2.75) is 85.2 Å². The van der Waals surface area contributed by atoms with Gasteiger partial charge in [-0.2, -0.15) is 0 Å². The van der Waals surface area contributed by atoms with E-state index in [1.807, 2.05) is 20.8 Å². The number of aliphatic hydroxyl groups is 1. The second-order valence-corrected chi connectivity index (χ2v) is 7.07. The van der Waals surface area contributed by atoms with Crippen LogP contribution in [0.5, 0.6) is 0 Å². The topological polar surface area (TPSA) is 58.6 Å². The number of unbranched alkanes of at least 4 members (excludes halogenated alkanes) is 3. The number of carbonyl (C=O) groups is 1. The van der Waals surface area contributed by atoms with Gasteiger partial charge in [0.2, 0.25) is 0 Å². The average molecular weight is 301 g/mol. The molecule has 126 valence electrons. The molecule has 0 aliphatic carbocycles. The van der Waals surface area contributed by atoms with E-state index in [-0.39, 0.29) is 12.0 Å². The van der Waals surface area contributed by atoms with Crippen LogP contribution in [-0.4, -0.2) is 30.0 Å². The molecule has 0 aromatic carbocycles. The average Bonchev–Trinajstić information content (AvgIpc) is 2.39. The van der Waals surface area contributed by atoms with Crippen molar-refractivity contribution in [2.75, 3.05) is 13.2 Å². The van der Waals surface area contributed by atoms with Gasteiger partial charge in [0.1, 0.15) is 5.60 Å². The first-order valence-electron chi connectivity index (χ1n) is 8.36. The molecule has 4 nitrogen and oxygen atoms in total. The molecule has 0 saturated carbocycles. The van der Waals surface area contributed by atoms with Crippen LogP contribution in [0.25, 0.3) is 0 Å². The fourth-order valence-electron chi connectivity index (χ4n) is 2.55. The smallest absolute Gasteiger partial charge is 0.407 e. The Kier molecular flexibility index (Phi) is 9.67. The molecule has 0 rings (SSSR count). The van der Waals surface area contributed by atoms with E-state index < -0.39 is 11.7 Å². The predicted molar refractivity (Wildman–Crippen MR) is 87.4 cm³/mol. The molecule has 1 atom stereocenters. The fraction of sp³-hybridized carbons (Fsp3) is 0.941. The Morgan fingerprint density at radius 1 is 1.05 bits per heavy atom. The van der Waals surface area contributed by atoms with Crippen LogP contribution < -0.4 is 5.32 Å². The SMILES string of the molecule is CCCCCCC(CO)(CCC)CNC(=O)OC(C)(C)C. The van der Waals surface area contributed by atoms with Gasteiger partial charge in [-0.15, -0.1) is 0 Å². The zero-order valence-electron chi connectivity index (χ0n) is 14.6. The second-order valence-electron chi connectivity index (χ2n) is 7.07. The maximum atomic E-state index is 11.8. The van der Waals surface area contributed by atoms with Crippen LogP contribution in [0.4, 0.5) is 4.79 Å². The molecule has 0 bridgehead atoms. The third kappa shape index (κ3) is 9.72. The minimum atomic E-state index is -0.488. The van der Waals surface area contributed by atoms with Gasteiger partial charge in [-0.05, 0) is 33.6 Å². The molecule has 0 saturated heterocycles. The Morgan fingerprint density at radius 3 is 2.19 bits per heavy atom. The largest absolute Gasteiger partial charge is 0.444 e. The third-order valence-electron chi connectivity index (χ3n) is 3.68. The lowest BCUT2D eigenvalue weighted by atomic mass is 9.79. The van der Waals surface area contributed by atoms with Gasteiger partial charge in [0.15, 0.2) is 0 Å². The van der Waals surface area contributed by atoms with Crippen LogP contribution >= 0.6 is 0 Å². The van der Waals surface area contributed by atoms with E-state index >= 15 is 0 Å². The third-order valence-corrected chi connectivity index (χ3v) is 3.68. The van der Waals surface area contributed by atoms with Crippen LogP contribution in [-0.2, 0) is 4.74 Å². The van der Waals surface area contributed by atoms with E-state index in [1.54, 1.807) is 0 Å². The highest BCUT2D eigenvalue weighted by Gasteiger charge is 2.29. The lowest BCUT2D eigenvalue weighted by Gasteiger charge is -2.32. The minimum Gasteiger partial charge on any atom is -0.444 e. The van der Waals surface area contributed by atoms with Crippen LogP contribution in [0.15, 0.2) is 0 Å². The van der Waals surface area contributed by atoms with Crippen LogP contribution in [0, 0.1) is 5.41 Å². The lowest BCUT2D eigenvalue weighted by molar-refractivity contribution is 0.0441. The molecule has 0 aliphatic heterocycles. The van der Waals surface area contributed by atoms with Gasteiger partial charge < -0.3 is 15.2 Å². The van der Waals surface area contributed by atoms with E-state index in [2.05, 4.69) is 19.2 Å². The summed E-state index contributed by atoms with van der Waals surface area (Å²) in [5, 5.41) is 12.7. The molecular formula is C17H35NO3. The summed E-state index contributed by atoms with van der Waals surface area (Å²) in [7, 11) is 0. The second kappa shape index (κ2) is 10.0. The summed E-state index contributed by atoms with van der Waals surface area (Å²) in [6.45, 7) is 10.5. The monoisotopic (exact) mass is 301 g/mol. The molecule has 0 aromatic heterocycles. The Bertz CT molecular complexity index is 286. The molecule has 1 amide bonds. The number of alkyl carbamates (subject to hydrolysis) is 1. The Balaban J connectivity index is 4.42. The van der Waals surface area contributed by atoms with E-state index in [0.29, 0.717) is 6.54 Å². The number of nitrogens with one attached hydrogen (secondary N) is 1.